The van der Waals surface area contributed by atoms with Gasteiger partial charge in [-0.1, -0.05) is 76.7 Å². The van der Waals surface area contributed by atoms with Gasteiger partial charge in [-0.2, -0.15) is 0 Å². The zero-order valence-corrected chi connectivity index (χ0v) is 11.8. The highest BCUT2D eigenvalue weighted by molar-refractivity contribution is 4.92. The number of hydrogen-bond donors (Lipinski definition) is 0. The largest absolute Gasteiger partial charge is 0.0882 e. The fourth-order valence-corrected chi connectivity index (χ4v) is 1.81. The topological polar surface area (TPSA) is 0 Å². The highest BCUT2D eigenvalue weighted by atomic mass is 13.9. The summed E-state index contributed by atoms with van der Waals surface area (Å²) >= 11 is 0. The van der Waals surface area contributed by atoms with Gasteiger partial charge in [-0.05, 0) is 32.1 Å². The lowest BCUT2D eigenvalue weighted by Crippen LogP contribution is -1.75. The molecule has 0 aliphatic rings. The number of rotatable bonds is 12. The van der Waals surface area contributed by atoms with E-state index in [0.29, 0.717) is 0 Å². The van der Waals surface area contributed by atoms with Crippen molar-refractivity contribution in [2.45, 2.75) is 77.6 Å². The van der Waals surface area contributed by atoms with E-state index in [1.165, 1.54) is 57.8 Å². The molecule has 0 aromatic heterocycles. The molecule has 0 aromatic carbocycles. The Morgan fingerprint density at radius 2 is 1.29 bits per heavy atom. The molecular formula is C17H31. The van der Waals surface area contributed by atoms with Crippen LogP contribution in [0.25, 0.3) is 0 Å². The minimum atomic E-state index is 1.10. The summed E-state index contributed by atoms with van der Waals surface area (Å²) in [5.41, 5.74) is 0. The molecule has 1 radical (unpaired) electrons. The lowest BCUT2D eigenvalue weighted by molar-refractivity contribution is 0.651. The van der Waals surface area contributed by atoms with E-state index in [1.807, 2.05) is 0 Å². The molecular weight excluding hydrogens is 204 g/mol. The van der Waals surface area contributed by atoms with Crippen molar-refractivity contribution in [2.24, 2.45) is 0 Å². The fraction of sp³-hybridized carbons (Fsp3) is 0.706. The zero-order valence-electron chi connectivity index (χ0n) is 11.8. The second kappa shape index (κ2) is 15.5. The van der Waals surface area contributed by atoms with E-state index < -0.39 is 0 Å². The van der Waals surface area contributed by atoms with Crippen LogP contribution < -0.4 is 0 Å². The first kappa shape index (κ1) is 16.5. The van der Waals surface area contributed by atoms with Crippen LogP contribution in [0.5, 0.6) is 0 Å². The van der Waals surface area contributed by atoms with Gasteiger partial charge in [0.05, 0.1) is 0 Å². The molecule has 0 aromatic rings. The molecule has 0 heteroatoms. The number of unbranched alkanes of at least 4 members (excludes halogenated alkanes) is 8. The summed E-state index contributed by atoms with van der Waals surface area (Å²) in [4.78, 5) is 0. The summed E-state index contributed by atoms with van der Waals surface area (Å²) in [5.74, 6) is 0. The van der Waals surface area contributed by atoms with Gasteiger partial charge >= 0.3 is 0 Å². The normalized spacial score (nSPS) is 11.9. The predicted molar refractivity (Wildman–Crippen MR) is 80.1 cm³/mol. The van der Waals surface area contributed by atoms with Crippen LogP contribution in [-0.4, -0.2) is 0 Å². The van der Waals surface area contributed by atoms with Gasteiger partial charge in [0.1, 0.15) is 0 Å². The van der Waals surface area contributed by atoms with E-state index in [1.54, 1.807) is 0 Å². The molecule has 0 saturated carbocycles. The summed E-state index contributed by atoms with van der Waals surface area (Å²) in [5, 5.41) is 0. The molecule has 0 amide bonds. The van der Waals surface area contributed by atoms with Crippen molar-refractivity contribution >= 4 is 0 Å². The van der Waals surface area contributed by atoms with Crippen molar-refractivity contribution in [3.63, 3.8) is 0 Å². The smallest absolute Gasteiger partial charge is 0.0169 e. The molecule has 0 fully saturated rings. The van der Waals surface area contributed by atoms with Gasteiger partial charge in [-0.3, -0.25) is 0 Å². The van der Waals surface area contributed by atoms with Crippen molar-refractivity contribution in [1.29, 1.82) is 0 Å². The van der Waals surface area contributed by atoms with Crippen LogP contribution in [0.1, 0.15) is 77.6 Å². The summed E-state index contributed by atoms with van der Waals surface area (Å²) < 4.78 is 0. The number of hydrogen-bond acceptors (Lipinski definition) is 0. The zero-order chi connectivity index (χ0) is 12.6. The van der Waals surface area contributed by atoms with Crippen molar-refractivity contribution in [1.82, 2.24) is 0 Å². The van der Waals surface area contributed by atoms with Gasteiger partial charge in [0.15, 0.2) is 0 Å². The molecule has 0 spiro atoms. The van der Waals surface area contributed by atoms with E-state index in [-0.39, 0.29) is 0 Å². The average molecular weight is 235 g/mol. The Kier molecular flexibility index (Phi) is 15.0. The molecule has 0 aliphatic heterocycles. The molecule has 0 heterocycles. The molecule has 0 bridgehead atoms. The van der Waals surface area contributed by atoms with Crippen LogP contribution in [0.15, 0.2) is 24.3 Å². The van der Waals surface area contributed by atoms with Gasteiger partial charge in [0.2, 0.25) is 0 Å². The van der Waals surface area contributed by atoms with Crippen LogP contribution in [-0.2, 0) is 0 Å². The third-order valence-corrected chi connectivity index (χ3v) is 2.95. The molecule has 0 unspecified atom stereocenters. The highest BCUT2D eigenvalue weighted by Crippen LogP contribution is 2.05. The van der Waals surface area contributed by atoms with E-state index in [4.69, 9.17) is 0 Å². The lowest BCUT2D eigenvalue weighted by atomic mass is 10.1. The van der Waals surface area contributed by atoms with Gasteiger partial charge in [0.25, 0.3) is 0 Å². The summed E-state index contributed by atoms with van der Waals surface area (Å²) in [7, 11) is 0. The molecule has 0 aliphatic carbocycles. The van der Waals surface area contributed by atoms with Crippen molar-refractivity contribution in [3.8, 4) is 0 Å². The Morgan fingerprint density at radius 1 is 0.706 bits per heavy atom. The van der Waals surface area contributed by atoms with Gasteiger partial charge in [-0.25, -0.2) is 0 Å². The minimum absolute atomic E-state index is 1.10. The highest BCUT2D eigenvalue weighted by Gasteiger charge is 1.86. The molecule has 99 valence electrons. The molecule has 0 rings (SSSR count). The first-order chi connectivity index (χ1) is 8.41. The average Bonchev–Trinajstić information content (AvgIpc) is 2.35. The maximum Gasteiger partial charge on any atom is -0.0169 e. The standard InChI is InChI=1S/C17H31/c1-3-5-7-9-11-13-15-17-16-14-12-10-8-6-4-2/h12,14-15,17H,1,3-11,13,16H2,2H3/b14-12-,17-15-. The molecule has 0 N–H and O–H groups in total. The Labute approximate surface area is 109 Å². The summed E-state index contributed by atoms with van der Waals surface area (Å²) in [6.45, 7) is 6.11. The van der Waals surface area contributed by atoms with E-state index in [9.17, 15) is 0 Å². The fourth-order valence-electron chi connectivity index (χ4n) is 1.81. The van der Waals surface area contributed by atoms with Crippen LogP contribution in [0, 0.1) is 6.92 Å². The van der Waals surface area contributed by atoms with Crippen LogP contribution >= 0.6 is 0 Å². The second-order valence-corrected chi connectivity index (χ2v) is 4.73. The third-order valence-electron chi connectivity index (χ3n) is 2.95. The Hall–Kier alpha value is -0.520. The van der Waals surface area contributed by atoms with Gasteiger partial charge < -0.3 is 0 Å². The molecule has 0 nitrogen and oxygen atoms in total. The van der Waals surface area contributed by atoms with E-state index >= 15 is 0 Å². The first-order valence-corrected chi connectivity index (χ1v) is 7.51. The van der Waals surface area contributed by atoms with Crippen LogP contribution in [0.2, 0.25) is 0 Å². The minimum Gasteiger partial charge on any atom is -0.0882 e. The Morgan fingerprint density at radius 3 is 1.88 bits per heavy atom. The van der Waals surface area contributed by atoms with E-state index in [2.05, 4.69) is 38.2 Å². The van der Waals surface area contributed by atoms with Crippen molar-refractivity contribution in [2.75, 3.05) is 0 Å². The van der Waals surface area contributed by atoms with Crippen LogP contribution in [0.3, 0.4) is 0 Å². The summed E-state index contributed by atoms with van der Waals surface area (Å²) in [6.07, 6.45) is 23.4. The molecule has 17 heavy (non-hydrogen) atoms. The van der Waals surface area contributed by atoms with Crippen LogP contribution in [0.4, 0.5) is 0 Å². The predicted octanol–water partition coefficient (Wildman–Crippen LogP) is 6.24. The first-order valence-electron chi connectivity index (χ1n) is 7.51. The Balaban J connectivity index is 3.13. The SMILES string of the molecule is [CH2]CCCCCC/C=C\C/C=C\CCCCC. The van der Waals surface area contributed by atoms with Gasteiger partial charge in [-0.15, -0.1) is 0 Å². The molecule has 0 saturated heterocycles. The van der Waals surface area contributed by atoms with Crippen molar-refractivity contribution in [3.05, 3.63) is 31.2 Å². The second-order valence-electron chi connectivity index (χ2n) is 4.73. The summed E-state index contributed by atoms with van der Waals surface area (Å²) in [6, 6.07) is 0. The lowest BCUT2D eigenvalue weighted by Gasteiger charge is -1.95. The van der Waals surface area contributed by atoms with Gasteiger partial charge in [0, 0.05) is 0 Å². The quantitative estimate of drug-likeness (QED) is 0.277. The maximum atomic E-state index is 3.86. The molecule has 0 atom stereocenters. The monoisotopic (exact) mass is 235 g/mol. The van der Waals surface area contributed by atoms with Crippen molar-refractivity contribution < 1.29 is 0 Å². The number of allylic oxidation sites excluding steroid dienone is 4. The maximum absolute atomic E-state index is 3.86. The van der Waals surface area contributed by atoms with E-state index in [0.717, 1.165) is 12.8 Å². The third kappa shape index (κ3) is 15.5. The Bertz CT molecular complexity index is 176.